The predicted molar refractivity (Wildman–Crippen MR) is 85.6 cm³/mol. The van der Waals surface area contributed by atoms with E-state index in [4.69, 9.17) is 0 Å². The van der Waals surface area contributed by atoms with Gasteiger partial charge in [0, 0.05) is 45.4 Å². The summed E-state index contributed by atoms with van der Waals surface area (Å²) in [6.45, 7) is 0.603. The van der Waals surface area contributed by atoms with E-state index in [1.54, 1.807) is 60.7 Å². The van der Waals surface area contributed by atoms with Gasteiger partial charge in [-0.3, -0.25) is 24.2 Å². The zero-order chi connectivity index (χ0) is 17.2. The maximum atomic E-state index is 13.0. The van der Waals surface area contributed by atoms with Crippen LogP contribution in [-0.2, 0) is 21.7 Å². The number of nitrogens with zero attached hydrogens (tertiary/aromatic N) is 6. The molecule has 24 heavy (non-hydrogen) atoms. The zero-order valence-corrected chi connectivity index (χ0v) is 13.8. The van der Waals surface area contributed by atoms with Gasteiger partial charge in [0.1, 0.15) is 6.54 Å². The fourth-order valence-corrected chi connectivity index (χ4v) is 3.26. The van der Waals surface area contributed by atoms with E-state index in [2.05, 4.69) is 15.1 Å². The Morgan fingerprint density at radius 3 is 2.75 bits per heavy atom. The first-order chi connectivity index (χ1) is 11.6. The van der Waals surface area contributed by atoms with Gasteiger partial charge < -0.3 is 9.80 Å². The Labute approximate surface area is 140 Å². The van der Waals surface area contributed by atoms with Gasteiger partial charge in [-0.25, -0.2) is 0 Å². The van der Waals surface area contributed by atoms with Crippen LogP contribution in [0.25, 0.3) is 0 Å². The summed E-state index contributed by atoms with van der Waals surface area (Å²) in [6, 6.07) is 1.76. The van der Waals surface area contributed by atoms with Crippen LogP contribution in [0.3, 0.4) is 0 Å². The zero-order valence-electron chi connectivity index (χ0n) is 13.8. The minimum atomic E-state index is -1.10. The Bertz CT molecular complexity index is 715. The van der Waals surface area contributed by atoms with Crippen LogP contribution in [0.4, 0.5) is 0 Å². The van der Waals surface area contributed by atoms with Crippen molar-refractivity contribution in [2.75, 3.05) is 20.6 Å². The second-order valence-corrected chi connectivity index (χ2v) is 6.00. The van der Waals surface area contributed by atoms with E-state index in [1.165, 1.54) is 4.90 Å². The summed E-state index contributed by atoms with van der Waals surface area (Å²) < 4.78 is 1.56. The third-order valence-corrected chi connectivity index (χ3v) is 4.29. The van der Waals surface area contributed by atoms with Crippen molar-refractivity contribution in [3.63, 3.8) is 0 Å². The molecule has 1 saturated heterocycles. The molecule has 0 unspecified atom stereocenters. The third kappa shape index (κ3) is 2.64. The summed E-state index contributed by atoms with van der Waals surface area (Å²) in [7, 11) is 3.38. The van der Waals surface area contributed by atoms with E-state index in [0.29, 0.717) is 18.7 Å². The van der Waals surface area contributed by atoms with Gasteiger partial charge in [-0.15, -0.1) is 0 Å². The Morgan fingerprint density at radius 2 is 2.12 bits per heavy atom. The van der Waals surface area contributed by atoms with E-state index in [-0.39, 0.29) is 18.4 Å². The number of likely N-dealkylation sites (tertiary alicyclic amines) is 1. The van der Waals surface area contributed by atoms with E-state index >= 15 is 0 Å². The second kappa shape index (κ2) is 6.38. The molecule has 1 aliphatic heterocycles. The lowest BCUT2D eigenvalue weighted by atomic mass is 9.90. The Kier molecular flexibility index (Phi) is 4.28. The lowest BCUT2D eigenvalue weighted by molar-refractivity contribution is -0.151. The molecular weight excluding hydrogens is 308 g/mol. The van der Waals surface area contributed by atoms with Crippen LogP contribution in [0.1, 0.15) is 18.5 Å². The first kappa shape index (κ1) is 16.1. The summed E-state index contributed by atoms with van der Waals surface area (Å²) in [5.74, 6) is -0.314. The molecule has 0 N–H and O–H groups in total. The van der Waals surface area contributed by atoms with Gasteiger partial charge in [0.2, 0.25) is 5.91 Å². The number of carbonyl (C=O) groups excluding carboxylic acids is 2. The van der Waals surface area contributed by atoms with Crippen LogP contribution in [-0.4, -0.2) is 62.0 Å². The lowest BCUT2D eigenvalue weighted by Gasteiger charge is -2.38. The molecular formula is C16H20N6O2. The molecule has 0 radical (unpaired) electrons. The highest BCUT2D eigenvalue weighted by Crippen LogP contribution is 2.39. The quantitative estimate of drug-likeness (QED) is 0.805. The normalized spacial score (nSPS) is 20.2. The van der Waals surface area contributed by atoms with Crippen molar-refractivity contribution in [2.45, 2.75) is 24.9 Å². The molecule has 126 valence electrons. The van der Waals surface area contributed by atoms with Crippen molar-refractivity contribution < 1.29 is 9.59 Å². The molecule has 0 spiro atoms. The molecule has 1 fully saturated rings. The number of rotatable bonds is 4. The molecule has 0 aromatic carbocycles. The molecule has 0 bridgehead atoms. The van der Waals surface area contributed by atoms with Crippen molar-refractivity contribution >= 4 is 11.8 Å². The predicted octanol–water partition coefficient (Wildman–Crippen LogP) is 0.279. The SMILES string of the molecule is CN(C)C(=O)[C@@]1(c2cnccn2)CCCN1C(=O)Cn1cccn1. The first-order valence-corrected chi connectivity index (χ1v) is 7.82. The minimum Gasteiger partial charge on any atom is -0.346 e. The van der Waals surface area contributed by atoms with Crippen molar-refractivity contribution in [3.8, 4) is 0 Å². The number of likely N-dealkylation sites (N-methyl/N-ethyl adjacent to an activating group) is 1. The summed E-state index contributed by atoms with van der Waals surface area (Å²) in [5.41, 5.74) is -0.586. The number of hydrogen-bond donors (Lipinski definition) is 0. The fourth-order valence-electron chi connectivity index (χ4n) is 3.26. The Hall–Kier alpha value is -2.77. The molecule has 2 aromatic heterocycles. The van der Waals surface area contributed by atoms with Crippen LogP contribution in [0.5, 0.6) is 0 Å². The molecule has 1 aliphatic rings. The average Bonchev–Trinajstić information content (AvgIpc) is 3.24. The second-order valence-electron chi connectivity index (χ2n) is 6.00. The van der Waals surface area contributed by atoms with Gasteiger partial charge in [-0.05, 0) is 18.9 Å². The standard InChI is InChI=1S/C16H20N6O2/c1-20(2)15(24)16(13-11-17-7-8-18-13)5-3-10-22(16)14(23)12-21-9-4-6-19-21/h4,6-9,11H,3,5,10,12H2,1-2H3/t16-/m0/s1. The maximum absolute atomic E-state index is 13.0. The smallest absolute Gasteiger partial charge is 0.254 e. The van der Waals surface area contributed by atoms with Gasteiger partial charge in [0.05, 0.1) is 11.9 Å². The number of hydrogen-bond acceptors (Lipinski definition) is 5. The van der Waals surface area contributed by atoms with Crippen LogP contribution < -0.4 is 0 Å². The molecule has 2 aromatic rings. The first-order valence-electron chi connectivity index (χ1n) is 7.82. The van der Waals surface area contributed by atoms with Crippen LogP contribution in [0.2, 0.25) is 0 Å². The largest absolute Gasteiger partial charge is 0.346 e. The molecule has 0 aliphatic carbocycles. The monoisotopic (exact) mass is 328 g/mol. The Balaban J connectivity index is 2.00. The number of carbonyl (C=O) groups is 2. The van der Waals surface area contributed by atoms with E-state index in [1.807, 2.05) is 0 Å². The van der Waals surface area contributed by atoms with Crippen LogP contribution in [0, 0.1) is 0 Å². The highest BCUT2D eigenvalue weighted by atomic mass is 16.2. The van der Waals surface area contributed by atoms with Gasteiger partial charge in [0.25, 0.3) is 5.91 Å². The van der Waals surface area contributed by atoms with Crippen molar-refractivity contribution in [1.82, 2.24) is 29.5 Å². The lowest BCUT2D eigenvalue weighted by Crippen LogP contribution is -2.55. The Morgan fingerprint density at radius 1 is 1.29 bits per heavy atom. The summed E-state index contributed by atoms with van der Waals surface area (Å²) in [5, 5.41) is 4.07. The van der Waals surface area contributed by atoms with Crippen molar-refractivity contribution in [2.24, 2.45) is 0 Å². The maximum Gasteiger partial charge on any atom is 0.254 e. The molecule has 8 heteroatoms. The minimum absolute atomic E-state index is 0.0930. The number of aromatic nitrogens is 4. The van der Waals surface area contributed by atoms with Crippen molar-refractivity contribution in [1.29, 1.82) is 0 Å². The van der Waals surface area contributed by atoms with Gasteiger partial charge in [-0.1, -0.05) is 0 Å². The van der Waals surface area contributed by atoms with E-state index in [0.717, 1.165) is 6.42 Å². The number of amides is 2. The molecule has 3 heterocycles. The van der Waals surface area contributed by atoms with Crippen LogP contribution in [0.15, 0.2) is 37.1 Å². The molecule has 3 rings (SSSR count). The summed E-state index contributed by atoms with van der Waals surface area (Å²) in [4.78, 5) is 37.5. The van der Waals surface area contributed by atoms with Crippen LogP contribution >= 0.6 is 0 Å². The fraction of sp³-hybridized carbons (Fsp3) is 0.438. The van der Waals surface area contributed by atoms with Gasteiger partial charge in [-0.2, -0.15) is 5.10 Å². The summed E-state index contributed by atoms with van der Waals surface area (Å²) in [6.07, 6.45) is 9.30. The highest BCUT2D eigenvalue weighted by molar-refractivity contribution is 5.92. The topological polar surface area (TPSA) is 84.2 Å². The molecule has 0 saturated carbocycles. The summed E-state index contributed by atoms with van der Waals surface area (Å²) >= 11 is 0. The average molecular weight is 328 g/mol. The molecule has 2 amide bonds. The molecule has 1 atom stereocenters. The van der Waals surface area contributed by atoms with Crippen molar-refractivity contribution in [3.05, 3.63) is 42.7 Å². The molecule has 8 nitrogen and oxygen atoms in total. The van der Waals surface area contributed by atoms with E-state index in [9.17, 15) is 9.59 Å². The third-order valence-electron chi connectivity index (χ3n) is 4.29. The highest BCUT2D eigenvalue weighted by Gasteiger charge is 2.53. The van der Waals surface area contributed by atoms with Gasteiger partial charge >= 0.3 is 0 Å². The van der Waals surface area contributed by atoms with Gasteiger partial charge in [0.15, 0.2) is 5.54 Å². The van der Waals surface area contributed by atoms with E-state index < -0.39 is 5.54 Å².